The Morgan fingerprint density at radius 3 is 1.79 bits per heavy atom. The molecule has 0 saturated heterocycles. The lowest BCUT2D eigenvalue weighted by atomic mass is 10.0. The predicted octanol–water partition coefficient (Wildman–Crippen LogP) is 2.08. The average Bonchev–Trinajstić information content (AvgIpc) is 2.44. The molecule has 6 N–H and O–H groups in total. The van der Waals surface area contributed by atoms with E-state index in [-0.39, 0.29) is 11.1 Å². The van der Waals surface area contributed by atoms with E-state index in [4.69, 9.17) is 10.2 Å². The van der Waals surface area contributed by atoms with Gasteiger partial charge in [-0.2, -0.15) is 0 Å². The van der Waals surface area contributed by atoms with Gasteiger partial charge in [0.05, 0.1) is 0 Å². The van der Waals surface area contributed by atoms with Crippen LogP contribution in [0.1, 0.15) is 31.8 Å². The molecule has 0 aliphatic rings. The number of hydrogen-bond donors (Lipinski definition) is 6. The highest BCUT2D eigenvalue weighted by atomic mass is 16.4. The molecule has 0 heterocycles. The Kier molecular flexibility index (Phi) is 4.32. The Balaban J connectivity index is 2.44. The number of phenols is 4. The quantitative estimate of drug-likeness (QED) is 0.465. The van der Waals surface area contributed by atoms with Crippen molar-refractivity contribution in [2.45, 2.75) is 0 Å². The number of carbonyl (C=O) groups is 2. The standard InChI is InChI=1S/C16H12O8/c17-9-4-3-8(14(20)13(9)16(23)24)2-1-7-5-10(18)12(15(21)22)11(19)6-7/h1-6,17-20H,(H,21,22)(H,23,24)/b2-1+. The van der Waals surface area contributed by atoms with E-state index in [1.165, 1.54) is 18.2 Å². The van der Waals surface area contributed by atoms with Gasteiger partial charge in [-0.3, -0.25) is 0 Å². The van der Waals surface area contributed by atoms with E-state index in [0.29, 0.717) is 0 Å². The zero-order chi connectivity index (χ0) is 18.0. The first-order chi connectivity index (χ1) is 11.2. The van der Waals surface area contributed by atoms with Crippen LogP contribution in [0.2, 0.25) is 0 Å². The Labute approximate surface area is 134 Å². The molecule has 0 unspecified atom stereocenters. The monoisotopic (exact) mass is 332 g/mol. The maximum Gasteiger partial charge on any atom is 0.343 e. The molecular formula is C16H12O8. The Morgan fingerprint density at radius 1 is 0.750 bits per heavy atom. The Hall–Kier alpha value is -3.68. The molecule has 0 radical (unpaired) electrons. The van der Waals surface area contributed by atoms with Crippen molar-refractivity contribution in [2.75, 3.05) is 0 Å². The molecule has 0 aliphatic carbocycles. The molecular weight excluding hydrogens is 320 g/mol. The molecule has 0 aromatic heterocycles. The number of aromatic carboxylic acids is 2. The highest BCUT2D eigenvalue weighted by Crippen LogP contribution is 2.33. The summed E-state index contributed by atoms with van der Waals surface area (Å²) in [5.74, 6) is -5.57. The van der Waals surface area contributed by atoms with E-state index in [0.717, 1.165) is 18.2 Å². The van der Waals surface area contributed by atoms with Gasteiger partial charge in [0.15, 0.2) is 0 Å². The lowest BCUT2D eigenvalue weighted by molar-refractivity contribution is 0.0678. The van der Waals surface area contributed by atoms with Crippen LogP contribution in [0.15, 0.2) is 24.3 Å². The van der Waals surface area contributed by atoms with Gasteiger partial charge >= 0.3 is 11.9 Å². The third-order valence-corrected chi connectivity index (χ3v) is 3.19. The average molecular weight is 332 g/mol. The Morgan fingerprint density at radius 2 is 1.29 bits per heavy atom. The molecule has 24 heavy (non-hydrogen) atoms. The van der Waals surface area contributed by atoms with Gasteiger partial charge in [-0.25, -0.2) is 9.59 Å². The minimum atomic E-state index is -1.51. The second kappa shape index (κ2) is 6.21. The smallest absolute Gasteiger partial charge is 0.343 e. The third kappa shape index (κ3) is 3.07. The van der Waals surface area contributed by atoms with Gasteiger partial charge in [0.1, 0.15) is 34.1 Å². The van der Waals surface area contributed by atoms with Crippen LogP contribution in [0, 0.1) is 0 Å². The summed E-state index contributed by atoms with van der Waals surface area (Å²) >= 11 is 0. The van der Waals surface area contributed by atoms with Gasteiger partial charge < -0.3 is 30.6 Å². The second-order valence-corrected chi connectivity index (χ2v) is 4.78. The molecule has 0 aliphatic heterocycles. The first kappa shape index (κ1) is 16.7. The minimum absolute atomic E-state index is 0.0616. The van der Waals surface area contributed by atoms with Crippen LogP contribution < -0.4 is 0 Å². The lowest BCUT2D eigenvalue weighted by Crippen LogP contribution is -1.98. The molecule has 2 aromatic rings. The van der Waals surface area contributed by atoms with E-state index in [2.05, 4.69) is 0 Å². The van der Waals surface area contributed by atoms with E-state index in [9.17, 15) is 30.0 Å². The van der Waals surface area contributed by atoms with E-state index < -0.39 is 46.1 Å². The minimum Gasteiger partial charge on any atom is -0.507 e. The lowest BCUT2D eigenvalue weighted by Gasteiger charge is -2.06. The molecule has 0 atom stereocenters. The molecule has 8 nitrogen and oxygen atoms in total. The van der Waals surface area contributed by atoms with Crippen LogP contribution in [0.3, 0.4) is 0 Å². The van der Waals surface area contributed by atoms with Crippen LogP contribution >= 0.6 is 0 Å². The van der Waals surface area contributed by atoms with Gasteiger partial charge in [-0.15, -0.1) is 0 Å². The number of carboxylic acids is 2. The molecule has 0 fully saturated rings. The van der Waals surface area contributed by atoms with Crippen molar-refractivity contribution in [3.8, 4) is 23.0 Å². The van der Waals surface area contributed by atoms with Crippen molar-refractivity contribution in [3.05, 3.63) is 46.5 Å². The number of carboxylic acid groups (broad SMARTS) is 2. The summed E-state index contributed by atoms with van der Waals surface area (Å²) in [7, 11) is 0. The van der Waals surface area contributed by atoms with Gasteiger partial charge in [0.2, 0.25) is 0 Å². The number of aromatic hydroxyl groups is 4. The molecule has 0 saturated carbocycles. The summed E-state index contributed by atoms with van der Waals surface area (Å²) in [6.45, 7) is 0. The van der Waals surface area contributed by atoms with Gasteiger partial charge in [0.25, 0.3) is 0 Å². The zero-order valence-corrected chi connectivity index (χ0v) is 12.0. The third-order valence-electron chi connectivity index (χ3n) is 3.19. The van der Waals surface area contributed by atoms with Crippen molar-refractivity contribution in [1.29, 1.82) is 0 Å². The fourth-order valence-electron chi connectivity index (χ4n) is 2.08. The van der Waals surface area contributed by atoms with Crippen LogP contribution in [0.5, 0.6) is 23.0 Å². The highest BCUT2D eigenvalue weighted by Gasteiger charge is 2.18. The highest BCUT2D eigenvalue weighted by molar-refractivity contribution is 5.96. The van der Waals surface area contributed by atoms with Crippen molar-refractivity contribution < 1.29 is 40.2 Å². The van der Waals surface area contributed by atoms with Crippen LogP contribution in [0.4, 0.5) is 0 Å². The molecule has 8 heteroatoms. The summed E-state index contributed by atoms with van der Waals surface area (Å²) in [4.78, 5) is 21.9. The van der Waals surface area contributed by atoms with E-state index in [1.807, 2.05) is 0 Å². The molecule has 2 rings (SSSR count). The largest absolute Gasteiger partial charge is 0.507 e. The van der Waals surface area contributed by atoms with Gasteiger partial charge in [0, 0.05) is 5.56 Å². The van der Waals surface area contributed by atoms with Crippen LogP contribution in [-0.2, 0) is 0 Å². The van der Waals surface area contributed by atoms with Crippen LogP contribution in [0.25, 0.3) is 12.2 Å². The maximum absolute atomic E-state index is 11.0. The van der Waals surface area contributed by atoms with E-state index >= 15 is 0 Å². The maximum atomic E-state index is 11.0. The Bertz CT molecular complexity index is 844. The van der Waals surface area contributed by atoms with Crippen molar-refractivity contribution in [2.24, 2.45) is 0 Å². The summed E-state index contributed by atoms with van der Waals surface area (Å²) < 4.78 is 0. The summed E-state index contributed by atoms with van der Waals surface area (Å²) in [6.07, 6.45) is 2.58. The van der Waals surface area contributed by atoms with Crippen molar-refractivity contribution >= 4 is 24.1 Å². The zero-order valence-electron chi connectivity index (χ0n) is 12.0. The molecule has 0 bridgehead atoms. The number of hydrogen-bond acceptors (Lipinski definition) is 6. The fraction of sp³-hybridized carbons (Fsp3) is 0. The molecule has 0 amide bonds. The second-order valence-electron chi connectivity index (χ2n) is 4.78. The summed E-state index contributed by atoms with van der Waals surface area (Å²) in [5, 5.41) is 56.3. The van der Waals surface area contributed by atoms with Gasteiger partial charge in [-0.1, -0.05) is 12.2 Å². The summed E-state index contributed by atoms with van der Waals surface area (Å²) in [5.41, 5.74) is -1.04. The SMILES string of the molecule is O=C(O)c1c(O)cc(/C=C/c2ccc(O)c(C(=O)O)c2O)cc1O. The van der Waals surface area contributed by atoms with E-state index in [1.54, 1.807) is 0 Å². The normalized spacial score (nSPS) is 10.8. The molecule has 0 spiro atoms. The van der Waals surface area contributed by atoms with Gasteiger partial charge in [-0.05, 0) is 29.8 Å². The first-order valence-electron chi connectivity index (χ1n) is 6.48. The molecule has 124 valence electrons. The summed E-state index contributed by atoms with van der Waals surface area (Å²) in [6, 6.07) is 4.51. The van der Waals surface area contributed by atoms with Crippen LogP contribution in [-0.4, -0.2) is 42.6 Å². The fourth-order valence-corrected chi connectivity index (χ4v) is 2.08. The topological polar surface area (TPSA) is 156 Å². The first-order valence-corrected chi connectivity index (χ1v) is 6.48. The van der Waals surface area contributed by atoms with Crippen molar-refractivity contribution in [3.63, 3.8) is 0 Å². The number of rotatable bonds is 4. The number of benzene rings is 2. The van der Waals surface area contributed by atoms with Crippen molar-refractivity contribution in [1.82, 2.24) is 0 Å². The predicted molar refractivity (Wildman–Crippen MR) is 82.4 cm³/mol. The molecule has 2 aromatic carbocycles.